The van der Waals surface area contributed by atoms with Gasteiger partial charge in [-0.15, -0.1) is 0 Å². The second-order valence-electron chi connectivity index (χ2n) is 16.3. The van der Waals surface area contributed by atoms with Crippen molar-refractivity contribution in [2.45, 2.75) is 83.1 Å². The summed E-state index contributed by atoms with van der Waals surface area (Å²) >= 11 is 0. The molecule has 1 nitrogen and oxygen atoms in total. The van der Waals surface area contributed by atoms with Gasteiger partial charge in [-0.2, -0.15) is 0 Å². The van der Waals surface area contributed by atoms with Crippen molar-refractivity contribution < 1.29 is 4.79 Å². The van der Waals surface area contributed by atoms with Gasteiger partial charge in [-0.1, -0.05) is 83.1 Å². The predicted molar refractivity (Wildman–Crippen MR) is 150 cm³/mol. The van der Waals surface area contributed by atoms with Crippen molar-refractivity contribution in [3.05, 3.63) is 0 Å². The Morgan fingerprint density at radius 1 is 0.278 bits per heavy atom. The first kappa shape index (κ1) is 25.9. The minimum absolute atomic E-state index is 0.287. The Bertz CT molecular complexity index is 891. The van der Waals surface area contributed by atoms with Crippen LogP contribution in [0.15, 0.2) is 0 Å². The first-order valence-electron chi connectivity index (χ1n) is 16.4. The van der Waals surface area contributed by atoms with Crippen molar-refractivity contribution in [1.29, 1.82) is 0 Å². The fourth-order valence-corrected chi connectivity index (χ4v) is 14.1. The first-order chi connectivity index (χ1) is 16.8. The molecule has 22 atom stereocenters. The van der Waals surface area contributed by atoms with E-state index in [0.717, 1.165) is 107 Å². The van der Waals surface area contributed by atoms with Crippen molar-refractivity contribution in [3.63, 3.8) is 0 Å². The summed E-state index contributed by atoms with van der Waals surface area (Å²) in [6, 6.07) is 0. The van der Waals surface area contributed by atoms with Crippen LogP contribution >= 0.6 is 0 Å². The molecule has 1 heteroatoms. The average Bonchev–Trinajstić information content (AvgIpc) is 3.30. The summed E-state index contributed by atoms with van der Waals surface area (Å²) in [5.41, 5.74) is 0. The maximum atomic E-state index is 13.5. The molecular weight excluding hydrogens is 436 g/mol. The molecule has 0 radical (unpaired) electrons. The quantitative estimate of drug-likeness (QED) is 0.330. The monoisotopic (exact) mass is 494 g/mol. The highest BCUT2D eigenvalue weighted by Crippen LogP contribution is 2.75. The molecule has 6 aliphatic rings. The molecule has 36 heavy (non-hydrogen) atoms. The lowest BCUT2D eigenvalue weighted by Crippen LogP contribution is -2.64. The van der Waals surface area contributed by atoms with Crippen molar-refractivity contribution in [2.24, 2.45) is 130 Å². The molecule has 0 aliphatic heterocycles. The minimum Gasteiger partial charge on any atom is -0.299 e. The molecule has 6 rings (SSSR count). The highest BCUT2D eigenvalue weighted by Gasteiger charge is 2.72. The Kier molecular flexibility index (Phi) is 6.00. The van der Waals surface area contributed by atoms with Crippen LogP contribution in [0.25, 0.3) is 0 Å². The van der Waals surface area contributed by atoms with E-state index in [0.29, 0.717) is 17.6 Å². The lowest BCUT2D eigenvalue weighted by atomic mass is 9.37. The Hall–Kier alpha value is -0.330. The Labute approximate surface area is 223 Å². The van der Waals surface area contributed by atoms with Crippen molar-refractivity contribution in [2.75, 3.05) is 0 Å². The number of Topliss-reactive ketones (excluding diaryl/α,β-unsaturated/α-hetero) is 1. The summed E-state index contributed by atoms with van der Waals surface area (Å²) in [6.45, 7) is 31.0. The molecule has 0 aromatic heterocycles. The number of hydrogen-bond acceptors (Lipinski definition) is 1. The Balaban J connectivity index is 1.53. The molecule has 6 fully saturated rings. The molecule has 0 spiro atoms. The van der Waals surface area contributed by atoms with Gasteiger partial charge in [0, 0.05) is 11.8 Å². The number of rotatable bonds is 0. The summed E-state index contributed by atoms with van der Waals surface area (Å²) < 4.78 is 0. The van der Waals surface area contributed by atoms with E-state index in [1.54, 1.807) is 0 Å². The third-order valence-electron chi connectivity index (χ3n) is 16.3. The number of carbonyl (C=O) groups is 1. The lowest BCUT2D eigenvalue weighted by Gasteiger charge is -2.68. The van der Waals surface area contributed by atoms with E-state index in [9.17, 15) is 4.79 Å². The summed E-state index contributed by atoms with van der Waals surface area (Å²) in [5.74, 6) is 17.5. The van der Waals surface area contributed by atoms with Gasteiger partial charge in [0.2, 0.25) is 0 Å². The zero-order chi connectivity index (χ0) is 26.3. The average molecular weight is 495 g/mol. The largest absolute Gasteiger partial charge is 0.299 e. The van der Waals surface area contributed by atoms with Crippen LogP contribution in [0.4, 0.5) is 0 Å². The molecule has 0 bridgehead atoms. The summed E-state index contributed by atoms with van der Waals surface area (Å²) in [5, 5.41) is 0. The Morgan fingerprint density at radius 3 is 1.03 bits per heavy atom. The SMILES string of the molecule is CC1C(=O)C(C)C2C1C1C(C)C(C)C(C)C3C4C(C)C(C)C5C(C)C(C)C(C)C(C)C5C4C(C)C2C13. The van der Waals surface area contributed by atoms with Crippen molar-refractivity contribution in [3.8, 4) is 0 Å². The predicted octanol–water partition coefficient (Wildman–Crippen LogP) is 8.43. The molecule has 0 N–H and O–H groups in total. The van der Waals surface area contributed by atoms with Crippen LogP contribution in [0.5, 0.6) is 0 Å². The van der Waals surface area contributed by atoms with Gasteiger partial charge < -0.3 is 0 Å². The summed E-state index contributed by atoms with van der Waals surface area (Å²) in [4.78, 5) is 13.5. The number of ketones is 1. The maximum absolute atomic E-state index is 13.5. The molecule has 0 saturated heterocycles. The van der Waals surface area contributed by atoms with Crippen molar-refractivity contribution >= 4 is 5.78 Å². The smallest absolute Gasteiger partial charge is 0.139 e. The lowest BCUT2D eigenvalue weighted by molar-refractivity contribution is -0.209. The van der Waals surface area contributed by atoms with E-state index in [-0.39, 0.29) is 11.8 Å². The van der Waals surface area contributed by atoms with Crippen LogP contribution in [0.1, 0.15) is 83.1 Å². The summed E-state index contributed by atoms with van der Waals surface area (Å²) in [6.07, 6.45) is 0. The van der Waals surface area contributed by atoms with E-state index in [4.69, 9.17) is 0 Å². The van der Waals surface area contributed by atoms with Crippen LogP contribution in [0, 0.1) is 130 Å². The van der Waals surface area contributed by atoms with Crippen LogP contribution in [0.2, 0.25) is 0 Å². The van der Waals surface area contributed by atoms with Gasteiger partial charge in [-0.25, -0.2) is 0 Å². The molecule has 6 saturated carbocycles. The second-order valence-corrected chi connectivity index (χ2v) is 16.3. The van der Waals surface area contributed by atoms with Gasteiger partial charge in [0.15, 0.2) is 0 Å². The molecule has 22 unspecified atom stereocenters. The van der Waals surface area contributed by atoms with Crippen LogP contribution in [0.3, 0.4) is 0 Å². The third-order valence-corrected chi connectivity index (χ3v) is 16.3. The first-order valence-corrected chi connectivity index (χ1v) is 16.4. The minimum atomic E-state index is 0.287. The second kappa shape index (κ2) is 8.34. The topological polar surface area (TPSA) is 17.1 Å². The highest BCUT2D eigenvalue weighted by atomic mass is 16.1. The molecule has 204 valence electrons. The van der Waals surface area contributed by atoms with E-state index >= 15 is 0 Å². The number of fused-ring (bicyclic) bond motifs is 7. The van der Waals surface area contributed by atoms with Crippen LogP contribution < -0.4 is 0 Å². The molecule has 0 heterocycles. The third kappa shape index (κ3) is 2.88. The normalized spacial score (nSPS) is 68.1. The highest BCUT2D eigenvalue weighted by molar-refractivity contribution is 5.86. The van der Waals surface area contributed by atoms with E-state index in [1.807, 2.05) is 0 Å². The fraction of sp³-hybridized carbons (Fsp3) is 0.971. The zero-order valence-electron chi connectivity index (χ0n) is 25.6. The number of hydrogen-bond donors (Lipinski definition) is 0. The van der Waals surface area contributed by atoms with E-state index in [1.165, 1.54) is 0 Å². The van der Waals surface area contributed by atoms with E-state index in [2.05, 4.69) is 83.1 Å². The van der Waals surface area contributed by atoms with Crippen molar-refractivity contribution in [1.82, 2.24) is 0 Å². The standard InChI is InChI=1S/C35H58O/c1-13-14(2)17(5)26-25(16(13)4)20(8)21(9)27-28-18(6)15(3)19(7)29-32-23(11)35(36)24(12)33(32)31(34(28)29)22(10)30(26)27/h13-34H,1-12H3. The Morgan fingerprint density at radius 2 is 0.528 bits per heavy atom. The molecule has 0 aromatic carbocycles. The molecule has 6 aliphatic carbocycles. The van der Waals surface area contributed by atoms with Gasteiger partial charge in [-0.05, 0) is 118 Å². The molecule has 0 amide bonds. The molecule has 0 aromatic rings. The van der Waals surface area contributed by atoms with Gasteiger partial charge in [-0.3, -0.25) is 4.79 Å². The van der Waals surface area contributed by atoms with Gasteiger partial charge in [0.1, 0.15) is 5.78 Å². The van der Waals surface area contributed by atoms with Crippen LogP contribution in [-0.4, -0.2) is 5.78 Å². The van der Waals surface area contributed by atoms with E-state index < -0.39 is 0 Å². The van der Waals surface area contributed by atoms with Gasteiger partial charge in [0.25, 0.3) is 0 Å². The van der Waals surface area contributed by atoms with Gasteiger partial charge >= 0.3 is 0 Å². The fourth-order valence-electron chi connectivity index (χ4n) is 14.1. The molecular formula is C35H58O. The maximum Gasteiger partial charge on any atom is 0.139 e. The number of carbonyl (C=O) groups excluding carboxylic acids is 1. The zero-order valence-corrected chi connectivity index (χ0v) is 25.6. The summed E-state index contributed by atoms with van der Waals surface area (Å²) in [7, 11) is 0. The van der Waals surface area contributed by atoms with Gasteiger partial charge in [0.05, 0.1) is 0 Å². The van der Waals surface area contributed by atoms with Crippen LogP contribution in [-0.2, 0) is 4.79 Å².